The molecule has 0 bridgehead atoms. The smallest absolute Gasteiger partial charge is 0.387 e. The van der Waals surface area contributed by atoms with Crippen molar-refractivity contribution in [1.82, 2.24) is 5.32 Å². The molecule has 0 aromatic carbocycles. The molecule has 0 aliphatic heterocycles. The molecule has 1 amide bonds. The fourth-order valence-corrected chi connectivity index (χ4v) is 11.5. The molecule has 81 heavy (non-hydrogen) atoms. The lowest BCUT2D eigenvalue weighted by Gasteiger charge is -2.25. The number of carbonyl (C=O) groups excluding carboxylic acids is 1. The molecule has 0 saturated carbocycles. The van der Waals surface area contributed by atoms with Crippen molar-refractivity contribution >= 4 is 13.7 Å². The highest BCUT2D eigenvalue weighted by Gasteiger charge is 2.28. The van der Waals surface area contributed by atoms with Gasteiger partial charge in [-0.25, -0.2) is 4.57 Å². The van der Waals surface area contributed by atoms with Crippen LogP contribution >= 0.6 is 7.82 Å². The summed E-state index contributed by atoms with van der Waals surface area (Å²) < 4.78 is 23.8. The van der Waals surface area contributed by atoms with Gasteiger partial charge >= 0.3 is 7.82 Å². The van der Waals surface area contributed by atoms with E-state index in [1.807, 2.05) is 27.2 Å². The van der Waals surface area contributed by atoms with Crippen LogP contribution in [0, 0.1) is 0 Å². The number of carbonyl (C=O) groups is 1. The van der Waals surface area contributed by atoms with Crippen LogP contribution in [0.1, 0.15) is 354 Å². The van der Waals surface area contributed by atoms with E-state index in [-0.39, 0.29) is 19.1 Å². The molecule has 0 aliphatic carbocycles. The molecule has 3 unspecified atom stereocenters. The van der Waals surface area contributed by atoms with Crippen molar-refractivity contribution in [1.29, 1.82) is 0 Å². The monoisotopic (exact) mass is 1160 g/mol. The van der Waals surface area contributed by atoms with E-state index in [0.29, 0.717) is 17.4 Å². The molecule has 0 aliphatic rings. The number of hydrogen-bond donors (Lipinski definition) is 3. The Balaban J connectivity index is 4.02. The van der Waals surface area contributed by atoms with Gasteiger partial charge in [-0.2, -0.15) is 0 Å². The number of rotatable bonds is 66. The molecule has 3 N–H and O–H groups in total. The Bertz CT molecular complexity index is 1460. The predicted octanol–water partition coefficient (Wildman–Crippen LogP) is 22.6. The first kappa shape index (κ1) is 79.5. The third kappa shape index (κ3) is 65.9. The van der Waals surface area contributed by atoms with Crippen LogP contribution in [0.4, 0.5) is 0 Å². The number of phosphoric acid groups is 1. The van der Waals surface area contributed by atoms with E-state index in [9.17, 15) is 19.4 Å². The molecule has 0 fully saturated rings. The molecule has 0 rings (SSSR count). The topological polar surface area (TPSA) is 105 Å². The maximum atomic E-state index is 13.0. The third-order valence-corrected chi connectivity index (χ3v) is 17.3. The summed E-state index contributed by atoms with van der Waals surface area (Å²) >= 11 is 0. The van der Waals surface area contributed by atoms with Gasteiger partial charge in [0.15, 0.2) is 0 Å². The van der Waals surface area contributed by atoms with Gasteiger partial charge in [-0.15, -0.1) is 0 Å². The van der Waals surface area contributed by atoms with E-state index in [2.05, 4.69) is 55.6 Å². The summed E-state index contributed by atoms with van der Waals surface area (Å²) in [6.45, 7) is 4.85. The van der Waals surface area contributed by atoms with Crippen LogP contribution in [-0.4, -0.2) is 73.4 Å². The van der Waals surface area contributed by atoms with Crippen molar-refractivity contribution in [2.24, 2.45) is 0 Å². The predicted molar refractivity (Wildman–Crippen MR) is 355 cm³/mol. The Kier molecular flexibility index (Phi) is 61.8. The molecule has 0 heterocycles. The minimum Gasteiger partial charge on any atom is -0.387 e. The van der Waals surface area contributed by atoms with Gasteiger partial charge in [-0.1, -0.05) is 332 Å². The molecule has 478 valence electrons. The molecule has 0 radical (unpaired) electrons. The van der Waals surface area contributed by atoms with Gasteiger partial charge in [0, 0.05) is 6.42 Å². The van der Waals surface area contributed by atoms with Crippen LogP contribution in [0.25, 0.3) is 0 Å². The highest BCUT2D eigenvalue weighted by atomic mass is 31.2. The quantitative estimate of drug-likeness (QED) is 0.0243. The second kappa shape index (κ2) is 63.0. The van der Waals surface area contributed by atoms with E-state index < -0.39 is 20.0 Å². The van der Waals surface area contributed by atoms with E-state index in [0.717, 1.165) is 44.9 Å². The Labute approximate surface area is 505 Å². The fraction of sp³-hybridized carbons (Fsp3) is 0.875. The zero-order valence-electron chi connectivity index (χ0n) is 54.8. The first-order valence-corrected chi connectivity index (χ1v) is 37.0. The normalized spacial score (nSPS) is 13.9. The molecule has 9 heteroatoms. The number of likely N-dealkylation sites (N-methyl/N-ethyl adjacent to an activating group) is 1. The molecular formula is C72H140N2O6P+. The van der Waals surface area contributed by atoms with Crippen molar-refractivity contribution in [3.8, 4) is 0 Å². The number of aliphatic hydroxyl groups excluding tert-OH is 1. The largest absolute Gasteiger partial charge is 0.472 e. The summed E-state index contributed by atoms with van der Waals surface area (Å²) in [6, 6.07) is -0.865. The van der Waals surface area contributed by atoms with Gasteiger partial charge in [-0.3, -0.25) is 13.8 Å². The minimum atomic E-state index is -4.36. The van der Waals surface area contributed by atoms with Crippen molar-refractivity contribution < 1.29 is 32.9 Å². The SMILES string of the molecule is CCCCCCCCCCCCCCC/C=C\C/C=C\CCCCCCCCCCCCCCCCCCCC(=O)NC(COP(=O)(O)OCC[N+](C)(C)C)C(O)/C=C/CC/C=C/CCCCCCCCCCCCCCCCCC. The number of phosphoric ester groups is 1. The van der Waals surface area contributed by atoms with Gasteiger partial charge in [0.2, 0.25) is 5.91 Å². The van der Waals surface area contributed by atoms with Crippen molar-refractivity contribution in [2.75, 3.05) is 40.9 Å². The number of nitrogens with zero attached hydrogens (tertiary/aromatic N) is 1. The second-order valence-corrected chi connectivity index (χ2v) is 27.1. The number of aliphatic hydroxyl groups is 1. The zero-order chi connectivity index (χ0) is 59.1. The van der Waals surface area contributed by atoms with Crippen LogP contribution < -0.4 is 5.32 Å². The van der Waals surface area contributed by atoms with Crippen LogP contribution in [0.3, 0.4) is 0 Å². The van der Waals surface area contributed by atoms with E-state index in [4.69, 9.17) is 9.05 Å². The van der Waals surface area contributed by atoms with Crippen LogP contribution in [-0.2, 0) is 18.4 Å². The Morgan fingerprint density at radius 3 is 1.06 bits per heavy atom. The van der Waals surface area contributed by atoms with Gasteiger partial charge in [0.05, 0.1) is 39.9 Å². The molecule has 0 aromatic rings. The lowest BCUT2D eigenvalue weighted by atomic mass is 10.0. The van der Waals surface area contributed by atoms with E-state index >= 15 is 0 Å². The number of quaternary nitrogens is 1. The fourth-order valence-electron chi connectivity index (χ4n) is 10.7. The van der Waals surface area contributed by atoms with Crippen LogP contribution in [0.2, 0.25) is 0 Å². The molecule has 0 aromatic heterocycles. The number of amides is 1. The number of hydrogen-bond acceptors (Lipinski definition) is 5. The number of allylic oxidation sites excluding steroid dienone is 7. The highest BCUT2D eigenvalue weighted by Crippen LogP contribution is 2.43. The zero-order valence-corrected chi connectivity index (χ0v) is 55.7. The summed E-state index contributed by atoms with van der Waals surface area (Å²) in [5.74, 6) is -0.182. The molecule has 8 nitrogen and oxygen atoms in total. The average molecular weight is 1160 g/mol. The van der Waals surface area contributed by atoms with E-state index in [1.54, 1.807) is 6.08 Å². The minimum absolute atomic E-state index is 0.0568. The van der Waals surface area contributed by atoms with Gasteiger partial charge in [0.25, 0.3) is 0 Å². The van der Waals surface area contributed by atoms with Gasteiger partial charge < -0.3 is 19.8 Å². The summed E-state index contributed by atoms with van der Waals surface area (Å²) in [7, 11) is 1.57. The molecular weight excluding hydrogens is 1020 g/mol. The maximum Gasteiger partial charge on any atom is 0.472 e. The van der Waals surface area contributed by atoms with Gasteiger partial charge in [0.1, 0.15) is 13.2 Å². The summed E-state index contributed by atoms with van der Waals surface area (Å²) in [4.78, 5) is 23.4. The Morgan fingerprint density at radius 1 is 0.420 bits per heavy atom. The van der Waals surface area contributed by atoms with Crippen molar-refractivity contribution in [3.63, 3.8) is 0 Å². The lowest BCUT2D eigenvalue weighted by molar-refractivity contribution is -0.870. The van der Waals surface area contributed by atoms with Crippen LogP contribution in [0.15, 0.2) is 48.6 Å². The Hall–Kier alpha value is -1.54. The first-order chi connectivity index (χ1) is 39.5. The van der Waals surface area contributed by atoms with Crippen LogP contribution in [0.5, 0.6) is 0 Å². The molecule has 0 spiro atoms. The average Bonchev–Trinajstić information content (AvgIpc) is 3.43. The second-order valence-electron chi connectivity index (χ2n) is 25.6. The van der Waals surface area contributed by atoms with E-state index in [1.165, 1.54) is 289 Å². The number of unbranched alkanes of at least 4 members (excludes halogenated alkanes) is 47. The lowest BCUT2D eigenvalue weighted by Crippen LogP contribution is -2.45. The molecule has 0 saturated heterocycles. The molecule has 3 atom stereocenters. The van der Waals surface area contributed by atoms with Gasteiger partial charge in [-0.05, 0) is 64.2 Å². The highest BCUT2D eigenvalue weighted by molar-refractivity contribution is 7.47. The maximum absolute atomic E-state index is 13.0. The summed E-state index contributed by atoms with van der Waals surface area (Å²) in [5.41, 5.74) is 0. The standard InChI is InChI=1S/C72H139N2O6P/c1-6-8-10-12-14-16-18-20-22-24-26-28-30-31-32-33-34-35-36-37-38-39-40-41-42-43-44-46-48-50-52-54-56-58-60-62-64-66-72(76)73-70(69-80-81(77,78)79-68-67-74(3,4)5)71(75)65-63-61-59-57-55-53-51-49-47-45-29-27-25-23-21-19-17-15-13-11-9-7-2/h32-33,35-36,55,57,63,65,70-71,75H,6-31,34,37-54,56,58-62,64,66-69H2,1-5H3,(H-,73,76,77,78)/p+1/b33-32-,36-35-,57-55+,65-63+. The van der Waals surface area contributed by atoms with Crippen molar-refractivity contribution in [2.45, 2.75) is 366 Å². The summed E-state index contributed by atoms with van der Waals surface area (Å²) in [6.07, 6.45) is 85.6. The first-order valence-electron chi connectivity index (χ1n) is 35.5. The summed E-state index contributed by atoms with van der Waals surface area (Å²) in [5, 5.41) is 14.0. The Morgan fingerprint density at radius 2 is 0.716 bits per heavy atom. The van der Waals surface area contributed by atoms with Crippen molar-refractivity contribution in [3.05, 3.63) is 48.6 Å². The number of nitrogens with one attached hydrogen (secondary N) is 1. The third-order valence-electron chi connectivity index (χ3n) is 16.3.